The van der Waals surface area contributed by atoms with Gasteiger partial charge in [-0.15, -0.1) is 24.0 Å². The van der Waals surface area contributed by atoms with Crippen LogP contribution in [0.2, 0.25) is 0 Å². The molecule has 1 aromatic heterocycles. The quantitative estimate of drug-likeness (QED) is 0.236. The number of halogens is 4. The Kier molecular flexibility index (Phi) is 9.75. The average Bonchev–Trinajstić information content (AvgIpc) is 2.98. The molecule has 3 N–H and O–H groups in total. The SMILES string of the molecule is CN=C(NCCNc1ncccc1C(F)(F)F)NC1CN(C(C)C)CC1C.I. The molecule has 0 saturated carbocycles. The first kappa shape index (κ1) is 24.7. The number of alkyl halides is 3. The van der Waals surface area contributed by atoms with Crippen molar-refractivity contribution in [3.63, 3.8) is 0 Å². The largest absolute Gasteiger partial charge is 0.419 e. The maximum atomic E-state index is 13.0. The molecular weight excluding hydrogens is 484 g/mol. The van der Waals surface area contributed by atoms with E-state index >= 15 is 0 Å². The van der Waals surface area contributed by atoms with Gasteiger partial charge in [-0.1, -0.05) is 6.92 Å². The lowest BCUT2D eigenvalue weighted by molar-refractivity contribution is -0.137. The lowest BCUT2D eigenvalue weighted by Gasteiger charge is -2.22. The van der Waals surface area contributed by atoms with Crippen LogP contribution in [0.5, 0.6) is 0 Å². The van der Waals surface area contributed by atoms with Crippen LogP contribution in [0, 0.1) is 5.92 Å². The highest BCUT2D eigenvalue weighted by molar-refractivity contribution is 14.0. The van der Waals surface area contributed by atoms with Crippen molar-refractivity contribution in [2.45, 2.75) is 39.0 Å². The van der Waals surface area contributed by atoms with Crippen molar-refractivity contribution >= 4 is 35.8 Å². The van der Waals surface area contributed by atoms with Crippen LogP contribution in [0.3, 0.4) is 0 Å². The van der Waals surface area contributed by atoms with Crippen LogP contribution in [0.15, 0.2) is 23.3 Å². The summed E-state index contributed by atoms with van der Waals surface area (Å²) in [6.45, 7) is 9.26. The molecule has 6 nitrogen and oxygen atoms in total. The number of hydrogen-bond donors (Lipinski definition) is 3. The molecule has 28 heavy (non-hydrogen) atoms. The summed E-state index contributed by atoms with van der Waals surface area (Å²) in [6.07, 6.45) is -3.09. The van der Waals surface area contributed by atoms with Crippen molar-refractivity contribution in [2.75, 3.05) is 38.5 Å². The van der Waals surface area contributed by atoms with E-state index in [1.165, 1.54) is 12.3 Å². The van der Waals surface area contributed by atoms with Gasteiger partial charge < -0.3 is 16.0 Å². The fourth-order valence-electron chi connectivity index (χ4n) is 3.12. The Bertz CT molecular complexity index is 638. The summed E-state index contributed by atoms with van der Waals surface area (Å²) in [6, 6.07) is 3.09. The predicted octanol–water partition coefficient (Wildman–Crippen LogP) is 3.02. The zero-order valence-corrected chi connectivity index (χ0v) is 19.0. The van der Waals surface area contributed by atoms with Crippen LogP contribution in [-0.2, 0) is 6.18 Å². The molecule has 1 fully saturated rings. The number of aromatic nitrogens is 1. The van der Waals surface area contributed by atoms with Gasteiger partial charge in [-0.3, -0.25) is 9.89 Å². The number of nitrogens with one attached hydrogen (secondary N) is 3. The number of likely N-dealkylation sites (tertiary alicyclic amines) is 1. The number of guanidine groups is 1. The summed E-state index contributed by atoms with van der Waals surface area (Å²) >= 11 is 0. The van der Waals surface area contributed by atoms with Crippen LogP contribution < -0.4 is 16.0 Å². The normalized spacial score (nSPS) is 20.8. The first-order chi connectivity index (χ1) is 12.7. The Morgan fingerprint density at radius 2 is 2.04 bits per heavy atom. The van der Waals surface area contributed by atoms with Crippen molar-refractivity contribution in [2.24, 2.45) is 10.9 Å². The summed E-state index contributed by atoms with van der Waals surface area (Å²) in [5.41, 5.74) is -0.763. The fourth-order valence-corrected chi connectivity index (χ4v) is 3.12. The molecule has 1 saturated heterocycles. The third-order valence-corrected chi connectivity index (χ3v) is 4.74. The monoisotopic (exact) mass is 514 g/mol. The summed E-state index contributed by atoms with van der Waals surface area (Å²) < 4.78 is 38.9. The molecule has 160 valence electrons. The highest BCUT2D eigenvalue weighted by Crippen LogP contribution is 2.33. The minimum Gasteiger partial charge on any atom is -0.368 e. The minimum atomic E-state index is -4.43. The van der Waals surface area contributed by atoms with Gasteiger partial charge in [-0.2, -0.15) is 13.2 Å². The Hall–Kier alpha value is -1.30. The first-order valence-electron chi connectivity index (χ1n) is 9.19. The van der Waals surface area contributed by atoms with E-state index in [1.54, 1.807) is 7.05 Å². The van der Waals surface area contributed by atoms with E-state index in [9.17, 15) is 13.2 Å². The number of nitrogens with zero attached hydrogens (tertiary/aromatic N) is 3. The number of rotatable bonds is 6. The van der Waals surface area contributed by atoms with Crippen molar-refractivity contribution in [3.05, 3.63) is 23.9 Å². The van der Waals surface area contributed by atoms with Gasteiger partial charge in [0, 0.05) is 51.5 Å². The van der Waals surface area contributed by atoms with Gasteiger partial charge >= 0.3 is 6.18 Å². The lowest BCUT2D eigenvalue weighted by atomic mass is 10.1. The molecule has 0 spiro atoms. The van der Waals surface area contributed by atoms with Gasteiger partial charge in [0.15, 0.2) is 5.96 Å². The molecule has 1 aromatic rings. The summed E-state index contributed by atoms with van der Waals surface area (Å²) in [7, 11) is 1.68. The number of aliphatic imine (C=N–C) groups is 1. The molecule has 0 amide bonds. The zero-order valence-electron chi connectivity index (χ0n) is 16.7. The van der Waals surface area contributed by atoms with Gasteiger partial charge in [-0.25, -0.2) is 4.98 Å². The highest BCUT2D eigenvalue weighted by Gasteiger charge is 2.34. The van der Waals surface area contributed by atoms with Crippen LogP contribution in [0.1, 0.15) is 26.3 Å². The maximum Gasteiger partial charge on any atom is 0.419 e. The topological polar surface area (TPSA) is 64.6 Å². The van der Waals surface area contributed by atoms with E-state index in [-0.39, 0.29) is 29.8 Å². The van der Waals surface area contributed by atoms with E-state index in [0.717, 1.165) is 19.2 Å². The van der Waals surface area contributed by atoms with Crippen LogP contribution in [0.25, 0.3) is 0 Å². The molecule has 1 aliphatic rings. The molecule has 0 radical (unpaired) electrons. The molecule has 2 atom stereocenters. The number of anilines is 1. The average molecular weight is 514 g/mol. The molecule has 2 heterocycles. The fraction of sp³-hybridized carbons (Fsp3) is 0.667. The summed E-state index contributed by atoms with van der Waals surface area (Å²) in [5, 5.41) is 9.29. The number of pyridine rings is 1. The van der Waals surface area contributed by atoms with Gasteiger partial charge in [0.25, 0.3) is 0 Å². The first-order valence-corrected chi connectivity index (χ1v) is 9.19. The van der Waals surface area contributed by atoms with Gasteiger partial charge in [0.2, 0.25) is 0 Å². The lowest BCUT2D eigenvalue weighted by Crippen LogP contribution is -2.47. The third-order valence-electron chi connectivity index (χ3n) is 4.74. The van der Waals surface area contributed by atoms with E-state index in [0.29, 0.717) is 37.1 Å². The van der Waals surface area contributed by atoms with Crippen LogP contribution in [0.4, 0.5) is 19.0 Å². The Balaban J connectivity index is 0.00000392. The van der Waals surface area contributed by atoms with Gasteiger partial charge in [0.05, 0.1) is 5.56 Å². The van der Waals surface area contributed by atoms with Crippen molar-refractivity contribution in [1.82, 2.24) is 20.5 Å². The van der Waals surface area contributed by atoms with E-state index in [2.05, 4.69) is 51.6 Å². The molecule has 2 unspecified atom stereocenters. The predicted molar refractivity (Wildman–Crippen MR) is 117 cm³/mol. The van der Waals surface area contributed by atoms with E-state index in [4.69, 9.17) is 0 Å². The second-order valence-electron chi connectivity index (χ2n) is 7.10. The van der Waals surface area contributed by atoms with Crippen molar-refractivity contribution < 1.29 is 13.2 Å². The van der Waals surface area contributed by atoms with E-state index < -0.39 is 11.7 Å². The molecular formula is C18H30F3IN6. The molecule has 2 rings (SSSR count). The molecule has 1 aliphatic heterocycles. The van der Waals surface area contributed by atoms with Crippen molar-refractivity contribution in [1.29, 1.82) is 0 Å². The molecule has 0 aromatic carbocycles. The smallest absolute Gasteiger partial charge is 0.368 e. The van der Waals surface area contributed by atoms with Crippen LogP contribution in [-0.4, -0.2) is 61.2 Å². The van der Waals surface area contributed by atoms with E-state index in [1.807, 2.05) is 0 Å². The standard InChI is InChI=1S/C18H29F3N6.HI/c1-12(2)27-10-13(3)15(11-27)26-17(22-4)25-9-8-24-16-14(18(19,20)21)6-5-7-23-16;/h5-7,12-13,15H,8-11H2,1-4H3,(H,23,24)(H2,22,25,26);1H. The van der Waals surface area contributed by atoms with Crippen LogP contribution >= 0.6 is 24.0 Å². The van der Waals surface area contributed by atoms with Gasteiger partial charge in [-0.05, 0) is 31.9 Å². The molecule has 10 heteroatoms. The third kappa shape index (κ3) is 6.94. The zero-order chi connectivity index (χ0) is 20.0. The Morgan fingerprint density at radius 1 is 1.32 bits per heavy atom. The van der Waals surface area contributed by atoms with Gasteiger partial charge in [0.1, 0.15) is 5.82 Å². The number of hydrogen-bond acceptors (Lipinski definition) is 4. The molecule has 0 bridgehead atoms. The summed E-state index contributed by atoms with van der Waals surface area (Å²) in [4.78, 5) is 10.4. The maximum absolute atomic E-state index is 13.0. The molecule has 0 aliphatic carbocycles. The summed E-state index contributed by atoms with van der Waals surface area (Å²) in [5.74, 6) is 0.981. The highest BCUT2D eigenvalue weighted by atomic mass is 127. The second-order valence-corrected chi connectivity index (χ2v) is 7.10. The Labute approximate surface area is 181 Å². The Morgan fingerprint density at radius 3 is 2.61 bits per heavy atom. The van der Waals surface area contributed by atoms with Crippen molar-refractivity contribution in [3.8, 4) is 0 Å². The minimum absolute atomic E-state index is 0. The second kappa shape index (κ2) is 11.0.